The topological polar surface area (TPSA) is 69.7 Å². The SMILES string of the molecule is CCN(CC)C(=O)c1cccc(NC(=O)C[C@H]2c3ccccc3C=CN2C(C)=O)c1. The molecule has 3 rings (SSSR count). The van der Waals surface area contributed by atoms with Crippen molar-refractivity contribution in [2.45, 2.75) is 33.2 Å². The molecule has 1 N–H and O–H groups in total. The minimum absolute atomic E-state index is 0.0646. The van der Waals surface area contributed by atoms with Crippen LogP contribution in [0.3, 0.4) is 0 Å². The molecular weight excluding hydrogens is 378 g/mol. The highest BCUT2D eigenvalue weighted by atomic mass is 16.2. The third-order valence-electron chi connectivity index (χ3n) is 5.29. The van der Waals surface area contributed by atoms with Crippen LogP contribution in [0.25, 0.3) is 6.08 Å². The first kappa shape index (κ1) is 21.3. The molecule has 3 amide bonds. The van der Waals surface area contributed by atoms with E-state index in [9.17, 15) is 14.4 Å². The number of anilines is 1. The lowest BCUT2D eigenvalue weighted by Crippen LogP contribution is -2.33. The van der Waals surface area contributed by atoms with E-state index in [1.165, 1.54) is 6.92 Å². The first-order valence-electron chi connectivity index (χ1n) is 10.2. The quantitative estimate of drug-likeness (QED) is 0.788. The summed E-state index contributed by atoms with van der Waals surface area (Å²) in [5.41, 5.74) is 3.04. The number of nitrogens with zero attached hydrogens (tertiary/aromatic N) is 2. The van der Waals surface area contributed by atoms with Crippen molar-refractivity contribution in [1.82, 2.24) is 9.80 Å². The van der Waals surface area contributed by atoms with Crippen LogP contribution in [0.15, 0.2) is 54.7 Å². The zero-order chi connectivity index (χ0) is 21.7. The number of hydrogen-bond donors (Lipinski definition) is 1. The van der Waals surface area contributed by atoms with Crippen molar-refractivity contribution < 1.29 is 14.4 Å². The van der Waals surface area contributed by atoms with Crippen LogP contribution in [0.4, 0.5) is 5.69 Å². The summed E-state index contributed by atoms with van der Waals surface area (Å²) in [5.74, 6) is -0.403. The van der Waals surface area contributed by atoms with E-state index in [0.29, 0.717) is 24.3 Å². The van der Waals surface area contributed by atoms with Gasteiger partial charge in [0.05, 0.1) is 12.5 Å². The van der Waals surface area contributed by atoms with Gasteiger partial charge in [-0.25, -0.2) is 0 Å². The van der Waals surface area contributed by atoms with E-state index in [2.05, 4.69) is 5.32 Å². The fourth-order valence-corrected chi connectivity index (χ4v) is 3.72. The molecule has 1 heterocycles. The molecule has 6 nitrogen and oxygen atoms in total. The third kappa shape index (κ3) is 4.59. The standard InChI is InChI=1S/C24H27N3O3/c1-4-26(5-2)24(30)19-10-8-11-20(15-19)25-23(29)16-22-21-12-7-6-9-18(21)13-14-27(22)17(3)28/h6-15,22H,4-5,16H2,1-3H3,(H,25,29)/t22-/m0/s1. The van der Waals surface area contributed by atoms with Gasteiger partial charge in [0.25, 0.3) is 5.91 Å². The monoisotopic (exact) mass is 405 g/mol. The molecule has 2 aromatic rings. The van der Waals surface area contributed by atoms with Crippen LogP contribution in [-0.2, 0) is 9.59 Å². The van der Waals surface area contributed by atoms with Crippen LogP contribution >= 0.6 is 0 Å². The number of benzene rings is 2. The Labute approximate surface area is 177 Å². The second kappa shape index (κ2) is 9.39. The van der Waals surface area contributed by atoms with Crippen LogP contribution in [0.1, 0.15) is 54.7 Å². The van der Waals surface area contributed by atoms with Gasteiger partial charge in [-0.2, -0.15) is 0 Å². The van der Waals surface area contributed by atoms with Crippen molar-refractivity contribution in [2.24, 2.45) is 0 Å². The van der Waals surface area contributed by atoms with Crippen molar-refractivity contribution in [2.75, 3.05) is 18.4 Å². The van der Waals surface area contributed by atoms with E-state index in [1.807, 2.05) is 44.2 Å². The predicted molar refractivity (Wildman–Crippen MR) is 118 cm³/mol. The average Bonchev–Trinajstić information content (AvgIpc) is 2.74. The summed E-state index contributed by atoms with van der Waals surface area (Å²) in [6.45, 7) is 6.61. The third-order valence-corrected chi connectivity index (χ3v) is 5.29. The Morgan fingerprint density at radius 1 is 1.03 bits per heavy atom. The Hall–Kier alpha value is -3.41. The molecule has 1 atom stereocenters. The zero-order valence-corrected chi connectivity index (χ0v) is 17.6. The van der Waals surface area contributed by atoms with Crippen molar-refractivity contribution in [1.29, 1.82) is 0 Å². The van der Waals surface area contributed by atoms with Gasteiger partial charge in [0.15, 0.2) is 0 Å². The van der Waals surface area contributed by atoms with Gasteiger partial charge in [0.1, 0.15) is 0 Å². The zero-order valence-electron chi connectivity index (χ0n) is 17.6. The van der Waals surface area contributed by atoms with E-state index in [4.69, 9.17) is 0 Å². The summed E-state index contributed by atoms with van der Waals surface area (Å²) >= 11 is 0. The number of amides is 3. The van der Waals surface area contributed by atoms with Gasteiger partial charge < -0.3 is 15.1 Å². The molecule has 0 saturated carbocycles. The van der Waals surface area contributed by atoms with E-state index in [1.54, 1.807) is 40.3 Å². The molecule has 0 aliphatic carbocycles. The number of nitrogens with one attached hydrogen (secondary N) is 1. The molecule has 156 valence electrons. The highest BCUT2D eigenvalue weighted by Crippen LogP contribution is 2.33. The fraction of sp³-hybridized carbons (Fsp3) is 0.292. The summed E-state index contributed by atoms with van der Waals surface area (Å²) in [6, 6.07) is 14.3. The molecule has 0 bridgehead atoms. The second-order valence-corrected chi connectivity index (χ2v) is 7.20. The lowest BCUT2D eigenvalue weighted by molar-refractivity contribution is -0.129. The van der Waals surface area contributed by atoms with Crippen molar-refractivity contribution in [3.05, 3.63) is 71.4 Å². The molecule has 0 aromatic heterocycles. The Morgan fingerprint density at radius 2 is 1.77 bits per heavy atom. The van der Waals surface area contributed by atoms with E-state index < -0.39 is 0 Å². The second-order valence-electron chi connectivity index (χ2n) is 7.20. The van der Waals surface area contributed by atoms with Gasteiger partial charge in [0, 0.05) is 37.5 Å². The molecule has 0 unspecified atom stereocenters. The predicted octanol–water partition coefficient (Wildman–Crippen LogP) is 4.07. The van der Waals surface area contributed by atoms with Gasteiger partial charge in [-0.1, -0.05) is 30.3 Å². The summed E-state index contributed by atoms with van der Waals surface area (Å²) in [7, 11) is 0. The van der Waals surface area contributed by atoms with Gasteiger partial charge >= 0.3 is 0 Å². The minimum Gasteiger partial charge on any atom is -0.339 e. The van der Waals surface area contributed by atoms with E-state index >= 15 is 0 Å². The summed E-state index contributed by atoms with van der Waals surface area (Å²) in [4.78, 5) is 40.8. The molecule has 6 heteroatoms. The number of fused-ring (bicyclic) bond motifs is 1. The molecule has 0 fully saturated rings. The van der Waals surface area contributed by atoms with Gasteiger partial charge in [-0.3, -0.25) is 14.4 Å². The van der Waals surface area contributed by atoms with Crippen molar-refractivity contribution in [3.8, 4) is 0 Å². The number of rotatable bonds is 6. The molecule has 1 aliphatic rings. The maximum atomic E-state index is 12.8. The Bertz CT molecular complexity index is 979. The Kier molecular flexibility index (Phi) is 6.67. The lowest BCUT2D eigenvalue weighted by atomic mass is 9.93. The molecule has 30 heavy (non-hydrogen) atoms. The van der Waals surface area contributed by atoms with Gasteiger partial charge in [-0.15, -0.1) is 0 Å². The smallest absolute Gasteiger partial charge is 0.253 e. The Morgan fingerprint density at radius 3 is 2.47 bits per heavy atom. The largest absolute Gasteiger partial charge is 0.339 e. The fourth-order valence-electron chi connectivity index (χ4n) is 3.72. The molecule has 1 aliphatic heterocycles. The first-order chi connectivity index (χ1) is 14.4. The maximum absolute atomic E-state index is 12.8. The van der Waals surface area contributed by atoms with Gasteiger partial charge in [0.2, 0.25) is 11.8 Å². The lowest BCUT2D eigenvalue weighted by Gasteiger charge is -2.32. The van der Waals surface area contributed by atoms with Gasteiger partial charge in [-0.05, 0) is 49.2 Å². The molecule has 0 saturated heterocycles. The van der Waals surface area contributed by atoms with E-state index in [-0.39, 0.29) is 30.2 Å². The minimum atomic E-state index is -0.371. The molecule has 0 radical (unpaired) electrons. The highest BCUT2D eigenvalue weighted by Gasteiger charge is 2.28. The molecular formula is C24H27N3O3. The summed E-state index contributed by atoms with van der Waals surface area (Å²) < 4.78 is 0. The number of carbonyl (C=O) groups is 3. The van der Waals surface area contributed by atoms with Crippen LogP contribution in [0.5, 0.6) is 0 Å². The molecule has 2 aromatic carbocycles. The van der Waals surface area contributed by atoms with Crippen molar-refractivity contribution in [3.63, 3.8) is 0 Å². The van der Waals surface area contributed by atoms with Crippen LogP contribution in [0.2, 0.25) is 0 Å². The number of carbonyl (C=O) groups excluding carboxylic acids is 3. The van der Waals surface area contributed by atoms with Crippen LogP contribution in [-0.4, -0.2) is 40.6 Å². The van der Waals surface area contributed by atoms with Crippen molar-refractivity contribution >= 4 is 29.5 Å². The van der Waals surface area contributed by atoms with E-state index in [0.717, 1.165) is 11.1 Å². The molecule has 0 spiro atoms. The average molecular weight is 405 g/mol. The van der Waals surface area contributed by atoms with Crippen LogP contribution < -0.4 is 5.32 Å². The summed E-state index contributed by atoms with van der Waals surface area (Å²) in [6.07, 6.45) is 3.73. The normalized spacial score (nSPS) is 14.8. The Balaban J connectivity index is 1.77. The first-order valence-corrected chi connectivity index (χ1v) is 10.2. The highest BCUT2D eigenvalue weighted by molar-refractivity contribution is 5.97. The van der Waals surface area contributed by atoms with Crippen LogP contribution in [0, 0.1) is 0 Å². The number of hydrogen-bond acceptors (Lipinski definition) is 3. The maximum Gasteiger partial charge on any atom is 0.253 e. The summed E-state index contributed by atoms with van der Waals surface area (Å²) in [5, 5.41) is 2.88.